The van der Waals surface area contributed by atoms with Gasteiger partial charge in [0.2, 0.25) is 0 Å². The van der Waals surface area contributed by atoms with Crippen LogP contribution in [0.2, 0.25) is 0 Å². The summed E-state index contributed by atoms with van der Waals surface area (Å²) < 4.78 is 5.64. The van der Waals surface area contributed by atoms with Crippen molar-refractivity contribution in [3.63, 3.8) is 0 Å². The van der Waals surface area contributed by atoms with Crippen LogP contribution in [-0.2, 0) is 11.2 Å². The predicted octanol–water partition coefficient (Wildman–Crippen LogP) is 2.41. The maximum Gasteiger partial charge on any atom is 0.0576 e. The molecule has 0 aromatic heterocycles. The first kappa shape index (κ1) is 13.5. The molecule has 2 unspecified atom stereocenters. The van der Waals surface area contributed by atoms with Gasteiger partial charge in [-0.05, 0) is 44.1 Å². The minimum absolute atomic E-state index is 0.398. The van der Waals surface area contributed by atoms with E-state index in [2.05, 4.69) is 35.8 Å². The highest BCUT2D eigenvalue weighted by molar-refractivity contribution is 5.14. The molecule has 2 rings (SSSR count). The molecule has 3 nitrogen and oxygen atoms in total. The highest BCUT2D eigenvalue weighted by Crippen LogP contribution is 2.18. The molecule has 1 aliphatic rings. The lowest BCUT2D eigenvalue weighted by atomic mass is 10.00. The molecular formula is C15H24N2O. The van der Waals surface area contributed by atoms with Gasteiger partial charge in [-0.2, -0.15) is 0 Å². The van der Waals surface area contributed by atoms with Crippen LogP contribution in [0.3, 0.4) is 0 Å². The molecule has 0 amide bonds. The van der Waals surface area contributed by atoms with Crippen molar-refractivity contribution in [2.75, 3.05) is 6.61 Å². The normalized spacial score (nSPS) is 21.1. The summed E-state index contributed by atoms with van der Waals surface area (Å²) in [4.78, 5) is 0. The lowest BCUT2D eigenvalue weighted by Crippen LogP contribution is -2.36. The van der Waals surface area contributed by atoms with Gasteiger partial charge >= 0.3 is 0 Å². The molecule has 18 heavy (non-hydrogen) atoms. The van der Waals surface area contributed by atoms with Crippen LogP contribution in [-0.4, -0.2) is 18.8 Å². The zero-order valence-corrected chi connectivity index (χ0v) is 11.0. The molecule has 0 bridgehead atoms. The van der Waals surface area contributed by atoms with Crippen molar-refractivity contribution in [1.82, 2.24) is 5.43 Å². The van der Waals surface area contributed by atoms with Crippen LogP contribution in [0.15, 0.2) is 30.3 Å². The Bertz CT molecular complexity index is 323. The Morgan fingerprint density at radius 2 is 2.11 bits per heavy atom. The maximum absolute atomic E-state index is 5.64. The molecule has 1 aromatic carbocycles. The van der Waals surface area contributed by atoms with Gasteiger partial charge in [0.05, 0.1) is 6.10 Å². The first-order valence-corrected chi connectivity index (χ1v) is 7.00. The number of hydrogen-bond donors (Lipinski definition) is 2. The number of nitrogens with two attached hydrogens (primary N) is 1. The van der Waals surface area contributed by atoms with Gasteiger partial charge in [-0.15, -0.1) is 0 Å². The van der Waals surface area contributed by atoms with Gasteiger partial charge in [-0.1, -0.05) is 30.3 Å². The second-order valence-corrected chi connectivity index (χ2v) is 5.10. The Morgan fingerprint density at radius 1 is 1.28 bits per heavy atom. The monoisotopic (exact) mass is 248 g/mol. The van der Waals surface area contributed by atoms with Crippen molar-refractivity contribution in [2.24, 2.45) is 5.84 Å². The standard InChI is InChI=1S/C15H24N2O/c16-17-14(10-11-15-7-4-12-18-15)9-8-13-5-2-1-3-6-13/h1-3,5-6,14-15,17H,4,7-12,16H2. The molecule has 1 aliphatic heterocycles. The molecule has 0 radical (unpaired) electrons. The zero-order valence-electron chi connectivity index (χ0n) is 11.0. The fourth-order valence-electron chi connectivity index (χ4n) is 2.56. The predicted molar refractivity (Wildman–Crippen MR) is 74.1 cm³/mol. The zero-order chi connectivity index (χ0) is 12.6. The van der Waals surface area contributed by atoms with Crippen molar-refractivity contribution in [2.45, 2.75) is 50.7 Å². The number of rotatable bonds is 7. The number of aryl methyl sites for hydroxylation is 1. The minimum atomic E-state index is 0.398. The van der Waals surface area contributed by atoms with Gasteiger partial charge in [-0.25, -0.2) is 0 Å². The smallest absolute Gasteiger partial charge is 0.0576 e. The molecule has 1 aromatic rings. The lowest BCUT2D eigenvalue weighted by Gasteiger charge is -2.18. The molecule has 1 saturated heterocycles. The van der Waals surface area contributed by atoms with Crippen LogP contribution in [0.1, 0.15) is 37.7 Å². The second-order valence-electron chi connectivity index (χ2n) is 5.10. The molecule has 1 heterocycles. The number of nitrogens with one attached hydrogen (secondary N) is 1. The van der Waals surface area contributed by atoms with E-state index in [4.69, 9.17) is 10.6 Å². The molecule has 3 heteroatoms. The van der Waals surface area contributed by atoms with E-state index in [0.29, 0.717) is 12.1 Å². The van der Waals surface area contributed by atoms with Crippen LogP contribution in [0.25, 0.3) is 0 Å². The summed E-state index contributed by atoms with van der Waals surface area (Å²) in [7, 11) is 0. The van der Waals surface area contributed by atoms with Crippen molar-refractivity contribution in [1.29, 1.82) is 0 Å². The summed E-state index contributed by atoms with van der Waals surface area (Å²) in [6.07, 6.45) is 7.31. The van der Waals surface area contributed by atoms with E-state index >= 15 is 0 Å². The van der Waals surface area contributed by atoms with Gasteiger partial charge in [0.25, 0.3) is 0 Å². The van der Waals surface area contributed by atoms with E-state index in [-0.39, 0.29) is 0 Å². The highest BCUT2D eigenvalue weighted by atomic mass is 16.5. The molecular weight excluding hydrogens is 224 g/mol. The maximum atomic E-state index is 5.64. The number of hydrazine groups is 1. The van der Waals surface area contributed by atoms with E-state index in [1.165, 1.54) is 18.4 Å². The van der Waals surface area contributed by atoms with Crippen LogP contribution in [0.4, 0.5) is 0 Å². The molecule has 100 valence electrons. The Labute approximate surface area is 110 Å². The first-order chi connectivity index (χ1) is 8.88. The summed E-state index contributed by atoms with van der Waals surface area (Å²) in [5, 5.41) is 0. The summed E-state index contributed by atoms with van der Waals surface area (Å²) in [6, 6.07) is 11.0. The summed E-state index contributed by atoms with van der Waals surface area (Å²) >= 11 is 0. The van der Waals surface area contributed by atoms with Gasteiger partial charge in [0, 0.05) is 12.6 Å². The quantitative estimate of drug-likeness (QED) is 0.575. The molecule has 0 spiro atoms. The molecule has 1 fully saturated rings. The fraction of sp³-hybridized carbons (Fsp3) is 0.600. The van der Waals surface area contributed by atoms with E-state index in [0.717, 1.165) is 32.3 Å². The van der Waals surface area contributed by atoms with Crippen molar-refractivity contribution in [3.05, 3.63) is 35.9 Å². The van der Waals surface area contributed by atoms with Gasteiger partial charge in [-0.3, -0.25) is 11.3 Å². The second kappa shape index (κ2) is 7.52. The van der Waals surface area contributed by atoms with Gasteiger partial charge < -0.3 is 4.74 Å². The van der Waals surface area contributed by atoms with Gasteiger partial charge in [0.1, 0.15) is 0 Å². The summed E-state index contributed by atoms with van der Waals surface area (Å²) in [5.74, 6) is 5.63. The van der Waals surface area contributed by atoms with Crippen molar-refractivity contribution in [3.8, 4) is 0 Å². The Hall–Kier alpha value is -0.900. The van der Waals surface area contributed by atoms with Crippen LogP contribution in [0, 0.1) is 0 Å². The topological polar surface area (TPSA) is 47.3 Å². The average Bonchev–Trinajstić information content (AvgIpc) is 2.93. The Balaban J connectivity index is 1.68. The van der Waals surface area contributed by atoms with E-state index in [1.807, 2.05) is 0 Å². The van der Waals surface area contributed by atoms with Crippen LogP contribution in [0.5, 0.6) is 0 Å². The van der Waals surface area contributed by atoms with Crippen molar-refractivity contribution >= 4 is 0 Å². The highest BCUT2D eigenvalue weighted by Gasteiger charge is 2.17. The Morgan fingerprint density at radius 3 is 2.78 bits per heavy atom. The largest absolute Gasteiger partial charge is 0.378 e. The van der Waals surface area contributed by atoms with E-state index in [9.17, 15) is 0 Å². The third-order valence-electron chi connectivity index (χ3n) is 3.72. The molecule has 0 saturated carbocycles. The number of hydrogen-bond acceptors (Lipinski definition) is 3. The summed E-state index contributed by atoms with van der Waals surface area (Å²) in [6.45, 7) is 0.940. The van der Waals surface area contributed by atoms with Crippen LogP contribution >= 0.6 is 0 Å². The SMILES string of the molecule is NNC(CCc1ccccc1)CCC1CCCO1. The number of benzene rings is 1. The third kappa shape index (κ3) is 4.41. The van der Waals surface area contributed by atoms with E-state index in [1.54, 1.807) is 0 Å². The Kier molecular flexibility index (Phi) is 5.65. The number of ether oxygens (including phenoxy) is 1. The fourth-order valence-corrected chi connectivity index (χ4v) is 2.56. The molecule has 3 N–H and O–H groups in total. The minimum Gasteiger partial charge on any atom is -0.378 e. The lowest BCUT2D eigenvalue weighted by molar-refractivity contribution is 0.0993. The van der Waals surface area contributed by atoms with Crippen LogP contribution < -0.4 is 11.3 Å². The van der Waals surface area contributed by atoms with Crippen molar-refractivity contribution < 1.29 is 4.74 Å². The van der Waals surface area contributed by atoms with Gasteiger partial charge in [0.15, 0.2) is 0 Å². The third-order valence-corrected chi connectivity index (χ3v) is 3.72. The summed E-state index contributed by atoms with van der Waals surface area (Å²) in [5.41, 5.74) is 4.32. The molecule has 0 aliphatic carbocycles. The average molecular weight is 248 g/mol. The molecule has 2 atom stereocenters. The van der Waals surface area contributed by atoms with E-state index < -0.39 is 0 Å². The first-order valence-electron chi connectivity index (χ1n) is 7.00.